The molecule has 12 heteroatoms. The zero-order valence-corrected chi connectivity index (χ0v) is 26.8. The summed E-state index contributed by atoms with van der Waals surface area (Å²) in [7, 11) is 1.56. The van der Waals surface area contributed by atoms with Gasteiger partial charge in [0.2, 0.25) is 11.1 Å². The Labute approximate surface area is 265 Å². The van der Waals surface area contributed by atoms with Gasteiger partial charge in [-0.15, -0.1) is 5.10 Å². The van der Waals surface area contributed by atoms with E-state index in [0.717, 1.165) is 11.1 Å². The maximum atomic E-state index is 12.9. The molecule has 1 atom stereocenters. The number of benzene rings is 3. The average molecular weight is 695 g/mol. The largest absolute Gasteiger partial charge is 0.493 e. The van der Waals surface area contributed by atoms with Gasteiger partial charge in [0.1, 0.15) is 12.6 Å². The Kier molecular flexibility index (Phi) is 9.21. The van der Waals surface area contributed by atoms with Crippen LogP contribution >= 0.6 is 62.5 Å². The van der Waals surface area contributed by atoms with Gasteiger partial charge in [0.15, 0.2) is 17.3 Å². The summed E-state index contributed by atoms with van der Waals surface area (Å²) in [4.78, 5) is 17.6. The summed E-state index contributed by atoms with van der Waals surface area (Å²) < 4.78 is 14.2. The molecule has 41 heavy (non-hydrogen) atoms. The van der Waals surface area contributed by atoms with Crippen LogP contribution in [-0.2, 0) is 17.2 Å². The van der Waals surface area contributed by atoms with Gasteiger partial charge in [-0.25, -0.2) is 4.68 Å². The number of fused-ring (bicyclic) bond motifs is 1. The summed E-state index contributed by atoms with van der Waals surface area (Å²) >= 11 is 24.1. The first kappa shape index (κ1) is 29.8. The Morgan fingerprint density at radius 3 is 2.49 bits per heavy atom. The van der Waals surface area contributed by atoms with Gasteiger partial charge in [-0.2, -0.15) is 4.98 Å². The molecule has 7 nitrogen and oxygen atoms in total. The summed E-state index contributed by atoms with van der Waals surface area (Å²) in [5.41, 5.74) is 3.68. The quantitative estimate of drug-likeness (QED) is 0.176. The lowest BCUT2D eigenvalue weighted by Gasteiger charge is -2.28. The van der Waals surface area contributed by atoms with Crippen LogP contribution < -0.4 is 14.8 Å². The van der Waals surface area contributed by atoms with E-state index in [1.807, 2.05) is 43.3 Å². The molecule has 2 heterocycles. The second kappa shape index (κ2) is 12.7. The van der Waals surface area contributed by atoms with E-state index >= 15 is 0 Å². The molecular weight excluding hydrogens is 671 g/mol. The predicted octanol–water partition coefficient (Wildman–Crippen LogP) is 8.76. The molecule has 0 bridgehead atoms. The van der Waals surface area contributed by atoms with Gasteiger partial charge in [0.05, 0.1) is 11.6 Å². The number of halogens is 4. The van der Waals surface area contributed by atoms with Crippen molar-refractivity contribution in [3.05, 3.63) is 102 Å². The predicted molar refractivity (Wildman–Crippen MR) is 168 cm³/mol. The van der Waals surface area contributed by atoms with Gasteiger partial charge in [-0.3, -0.25) is 4.79 Å². The molecule has 1 aliphatic heterocycles. The van der Waals surface area contributed by atoms with Crippen molar-refractivity contribution in [3.8, 4) is 11.5 Å². The van der Waals surface area contributed by atoms with Gasteiger partial charge >= 0.3 is 0 Å². The van der Waals surface area contributed by atoms with Crippen molar-refractivity contribution in [2.75, 3.05) is 12.4 Å². The smallest absolute Gasteiger partial charge is 0.227 e. The summed E-state index contributed by atoms with van der Waals surface area (Å²) in [6.45, 7) is 3.53. The van der Waals surface area contributed by atoms with Crippen LogP contribution in [0.5, 0.6) is 11.5 Å². The van der Waals surface area contributed by atoms with Crippen molar-refractivity contribution in [1.82, 2.24) is 14.8 Å². The zero-order valence-electron chi connectivity index (χ0n) is 22.2. The monoisotopic (exact) mass is 692 g/mol. The first-order valence-electron chi connectivity index (χ1n) is 12.4. The number of ketones is 1. The van der Waals surface area contributed by atoms with Gasteiger partial charge in [0, 0.05) is 37.7 Å². The van der Waals surface area contributed by atoms with Crippen molar-refractivity contribution in [3.63, 3.8) is 0 Å². The van der Waals surface area contributed by atoms with Crippen LogP contribution in [-0.4, -0.2) is 27.7 Å². The number of nitrogens with zero attached hydrogens (tertiary/aromatic N) is 3. The lowest BCUT2D eigenvalue weighted by atomic mass is 9.93. The molecule has 0 saturated carbocycles. The number of rotatable bonds is 9. The molecule has 1 unspecified atom stereocenters. The standard InChI is InChI=1S/C29H24BrCl3N4O3S/c1-15-25(16(2)38)26(37-28(34-15)35-29(36-37)41-14-17-7-4-5-8-21(17)31)18-11-20(30)27(24(12-18)39-3)40-13-19-22(32)9-6-10-23(19)33/h4-12,26H,13-14H2,1-3H3,(H,34,35,36). The maximum Gasteiger partial charge on any atom is 0.227 e. The Hall–Kier alpha value is -2.69. The number of aromatic nitrogens is 3. The lowest BCUT2D eigenvalue weighted by molar-refractivity contribution is -0.114. The van der Waals surface area contributed by atoms with Crippen molar-refractivity contribution < 1.29 is 14.3 Å². The highest BCUT2D eigenvalue weighted by molar-refractivity contribution is 9.10. The van der Waals surface area contributed by atoms with Gasteiger partial charge < -0.3 is 14.8 Å². The average Bonchev–Trinajstić information content (AvgIpc) is 3.34. The number of hydrogen-bond acceptors (Lipinski definition) is 7. The number of ether oxygens (including phenoxy) is 2. The zero-order chi connectivity index (χ0) is 29.3. The molecule has 3 aromatic carbocycles. The second-order valence-electron chi connectivity index (χ2n) is 9.19. The highest BCUT2D eigenvalue weighted by Crippen LogP contribution is 2.44. The van der Waals surface area contributed by atoms with Gasteiger partial charge in [-0.05, 0) is 71.2 Å². The van der Waals surface area contributed by atoms with E-state index in [4.69, 9.17) is 54.4 Å². The number of methoxy groups -OCH3 is 1. The van der Waals surface area contributed by atoms with E-state index < -0.39 is 6.04 Å². The second-order valence-corrected chi connectivity index (χ2v) is 12.2. The van der Waals surface area contributed by atoms with Crippen molar-refractivity contribution in [2.45, 2.75) is 37.4 Å². The van der Waals surface area contributed by atoms with E-state index in [1.165, 1.54) is 11.8 Å². The molecule has 0 saturated heterocycles. The van der Waals surface area contributed by atoms with Crippen molar-refractivity contribution in [2.24, 2.45) is 0 Å². The first-order valence-corrected chi connectivity index (χ1v) is 15.3. The number of nitrogens with one attached hydrogen (secondary N) is 1. The minimum absolute atomic E-state index is 0.0878. The number of hydrogen-bond donors (Lipinski definition) is 1. The Morgan fingerprint density at radius 2 is 1.80 bits per heavy atom. The maximum absolute atomic E-state index is 12.9. The molecule has 0 radical (unpaired) electrons. The first-order chi connectivity index (χ1) is 19.7. The number of thioether (sulfide) groups is 1. The Morgan fingerprint density at radius 1 is 1.10 bits per heavy atom. The molecule has 1 N–H and O–H groups in total. The van der Waals surface area contributed by atoms with E-state index in [0.29, 0.717) is 64.7 Å². The number of carbonyl (C=O) groups is 1. The minimum Gasteiger partial charge on any atom is -0.493 e. The molecule has 5 rings (SSSR count). The summed E-state index contributed by atoms with van der Waals surface area (Å²) in [6, 6.07) is 16.1. The Bertz CT molecular complexity index is 1660. The normalized spacial score (nSPS) is 14.5. The van der Waals surface area contributed by atoms with Crippen LogP contribution in [0.1, 0.15) is 36.6 Å². The summed E-state index contributed by atoms with van der Waals surface area (Å²) in [6.07, 6.45) is 0. The highest BCUT2D eigenvalue weighted by atomic mass is 79.9. The molecule has 212 valence electrons. The van der Waals surface area contributed by atoms with Crippen LogP contribution in [0.15, 0.2) is 75.5 Å². The van der Waals surface area contributed by atoms with Crippen LogP contribution in [0.2, 0.25) is 15.1 Å². The fourth-order valence-electron chi connectivity index (χ4n) is 4.57. The van der Waals surface area contributed by atoms with Crippen LogP contribution in [0.25, 0.3) is 0 Å². The topological polar surface area (TPSA) is 78.3 Å². The van der Waals surface area contributed by atoms with Crippen molar-refractivity contribution in [1.29, 1.82) is 0 Å². The third-order valence-corrected chi connectivity index (χ3v) is 9.07. The third-order valence-electron chi connectivity index (χ3n) is 6.52. The van der Waals surface area contributed by atoms with Gasteiger partial charge in [0.25, 0.3) is 0 Å². The number of anilines is 1. The van der Waals surface area contributed by atoms with E-state index in [9.17, 15) is 4.79 Å². The number of carbonyl (C=O) groups excluding carboxylic acids is 1. The van der Waals surface area contributed by atoms with Crippen LogP contribution in [0.3, 0.4) is 0 Å². The molecule has 1 aromatic heterocycles. The fraction of sp³-hybridized carbons (Fsp3) is 0.207. The number of Topliss-reactive ketones (excluding diaryl/α,β-unsaturated/α-hetero) is 1. The van der Waals surface area contributed by atoms with Crippen LogP contribution in [0, 0.1) is 0 Å². The Balaban J connectivity index is 1.50. The highest BCUT2D eigenvalue weighted by Gasteiger charge is 2.34. The molecule has 0 amide bonds. The summed E-state index contributed by atoms with van der Waals surface area (Å²) in [5, 5.41) is 10.3. The minimum atomic E-state index is -0.553. The molecule has 1 aliphatic rings. The molecule has 0 fully saturated rings. The van der Waals surface area contributed by atoms with Gasteiger partial charge in [-0.1, -0.05) is 70.8 Å². The van der Waals surface area contributed by atoms with E-state index in [2.05, 4.69) is 21.2 Å². The van der Waals surface area contributed by atoms with Crippen LogP contribution in [0.4, 0.5) is 5.95 Å². The van der Waals surface area contributed by atoms with Crippen molar-refractivity contribution >= 4 is 74.2 Å². The summed E-state index contributed by atoms with van der Waals surface area (Å²) in [5.74, 6) is 1.98. The SMILES string of the molecule is COc1cc(C2C(C(C)=O)=C(C)Nc3nc(SCc4ccccc4Cl)nn32)cc(Br)c1OCc1c(Cl)cccc1Cl. The molecule has 0 spiro atoms. The van der Waals surface area contributed by atoms with E-state index in [-0.39, 0.29) is 12.4 Å². The third kappa shape index (κ3) is 6.24. The molecule has 4 aromatic rings. The molecule has 0 aliphatic carbocycles. The fourth-order valence-corrected chi connectivity index (χ4v) is 6.76. The lowest BCUT2D eigenvalue weighted by Crippen LogP contribution is -2.28. The molecular formula is C29H24BrCl3N4O3S. The van der Waals surface area contributed by atoms with E-state index in [1.54, 1.807) is 36.9 Å². The number of allylic oxidation sites excluding steroid dienone is 2.